The highest BCUT2D eigenvalue weighted by Crippen LogP contribution is 2.39. The summed E-state index contributed by atoms with van der Waals surface area (Å²) in [6.45, 7) is 0. The fourth-order valence-electron chi connectivity index (χ4n) is 2.46. The molecular formula is C17H18N4O4. The van der Waals surface area contributed by atoms with Gasteiger partial charge in [0, 0.05) is 18.3 Å². The van der Waals surface area contributed by atoms with E-state index < -0.39 is 6.03 Å². The largest absolute Gasteiger partial charge is 0.493 e. The maximum Gasteiger partial charge on any atom is 0.324 e. The van der Waals surface area contributed by atoms with Crippen LogP contribution >= 0.6 is 0 Å². The summed E-state index contributed by atoms with van der Waals surface area (Å²) in [6.07, 6.45) is 3.40. The smallest absolute Gasteiger partial charge is 0.324 e. The molecule has 2 aromatic heterocycles. The van der Waals surface area contributed by atoms with Crippen molar-refractivity contribution in [2.75, 3.05) is 32.0 Å². The Bertz CT molecular complexity index is 882. The van der Waals surface area contributed by atoms with Gasteiger partial charge in [-0.3, -0.25) is 9.72 Å². The number of rotatable bonds is 5. The Labute approximate surface area is 144 Å². The van der Waals surface area contributed by atoms with Crippen molar-refractivity contribution in [1.29, 1.82) is 0 Å². The molecule has 0 aliphatic heterocycles. The molecule has 8 heteroatoms. The Hall–Kier alpha value is -3.42. The molecule has 2 N–H and O–H groups in total. The first-order valence-electron chi connectivity index (χ1n) is 7.46. The van der Waals surface area contributed by atoms with E-state index in [0.717, 1.165) is 5.65 Å². The molecule has 3 aromatic rings. The molecule has 0 atom stereocenters. The maximum absolute atomic E-state index is 12.3. The number of benzene rings is 1. The maximum atomic E-state index is 12.3. The van der Waals surface area contributed by atoms with Crippen LogP contribution in [0, 0.1) is 0 Å². The number of imidazole rings is 1. The number of hydrogen-bond donors (Lipinski definition) is 2. The normalized spacial score (nSPS) is 10.4. The molecule has 0 spiro atoms. The molecule has 0 aliphatic rings. The first-order valence-corrected chi connectivity index (χ1v) is 7.46. The lowest BCUT2D eigenvalue weighted by Gasteiger charge is -2.14. The predicted molar refractivity (Wildman–Crippen MR) is 93.9 cm³/mol. The van der Waals surface area contributed by atoms with Gasteiger partial charge in [-0.1, -0.05) is 6.07 Å². The van der Waals surface area contributed by atoms with Crippen molar-refractivity contribution < 1.29 is 19.0 Å². The number of nitrogens with zero attached hydrogens (tertiary/aromatic N) is 2. The molecule has 0 aliphatic carbocycles. The van der Waals surface area contributed by atoms with Gasteiger partial charge >= 0.3 is 6.03 Å². The lowest BCUT2D eigenvalue weighted by molar-refractivity contribution is 0.262. The van der Waals surface area contributed by atoms with Crippen molar-refractivity contribution in [2.24, 2.45) is 0 Å². The molecule has 0 fully saturated rings. The minimum Gasteiger partial charge on any atom is -0.493 e. The van der Waals surface area contributed by atoms with Crippen LogP contribution in [-0.2, 0) is 0 Å². The van der Waals surface area contributed by atoms with Crippen molar-refractivity contribution in [3.63, 3.8) is 0 Å². The van der Waals surface area contributed by atoms with Crippen molar-refractivity contribution in [2.45, 2.75) is 0 Å². The lowest BCUT2D eigenvalue weighted by atomic mass is 10.2. The summed E-state index contributed by atoms with van der Waals surface area (Å²) in [5, 5.41) is 5.49. The van der Waals surface area contributed by atoms with Crippen LogP contribution < -0.4 is 24.8 Å². The van der Waals surface area contributed by atoms with Gasteiger partial charge in [0.05, 0.1) is 33.2 Å². The number of amides is 2. The molecule has 0 saturated carbocycles. The summed E-state index contributed by atoms with van der Waals surface area (Å²) in [4.78, 5) is 16.5. The molecule has 130 valence electrons. The van der Waals surface area contributed by atoms with Crippen LogP contribution in [0.25, 0.3) is 5.65 Å². The van der Waals surface area contributed by atoms with E-state index in [1.54, 1.807) is 22.7 Å². The number of fused-ring (bicyclic) bond motifs is 1. The van der Waals surface area contributed by atoms with E-state index in [1.165, 1.54) is 21.3 Å². The van der Waals surface area contributed by atoms with E-state index in [9.17, 15) is 4.79 Å². The molecular weight excluding hydrogens is 324 g/mol. The quantitative estimate of drug-likeness (QED) is 0.744. The van der Waals surface area contributed by atoms with Crippen LogP contribution in [0.15, 0.2) is 42.7 Å². The fraction of sp³-hybridized carbons (Fsp3) is 0.176. The number of hydrogen-bond acceptors (Lipinski definition) is 5. The van der Waals surface area contributed by atoms with Gasteiger partial charge in [-0.2, -0.15) is 0 Å². The average Bonchev–Trinajstić information content (AvgIpc) is 3.03. The number of carbonyl (C=O) groups excluding carboxylic acids is 1. The van der Waals surface area contributed by atoms with Crippen LogP contribution in [0.3, 0.4) is 0 Å². The second-order valence-corrected chi connectivity index (χ2v) is 5.07. The van der Waals surface area contributed by atoms with Gasteiger partial charge in [0.1, 0.15) is 11.5 Å². The predicted octanol–water partition coefficient (Wildman–Crippen LogP) is 3.00. The number of ether oxygens (including phenoxy) is 3. The molecule has 8 nitrogen and oxygen atoms in total. The highest BCUT2D eigenvalue weighted by Gasteiger charge is 2.15. The number of anilines is 2. The lowest BCUT2D eigenvalue weighted by Crippen LogP contribution is -2.20. The van der Waals surface area contributed by atoms with Crippen LogP contribution in [0.5, 0.6) is 17.2 Å². The summed E-state index contributed by atoms with van der Waals surface area (Å²) in [5.41, 5.74) is 1.24. The van der Waals surface area contributed by atoms with Crippen molar-refractivity contribution >= 4 is 23.2 Å². The highest BCUT2D eigenvalue weighted by atomic mass is 16.5. The summed E-state index contributed by atoms with van der Waals surface area (Å²) in [5.74, 6) is 1.91. The Kier molecular flexibility index (Phi) is 4.60. The summed E-state index contributed by atoms with van der Waals surface area (Å²) >= 11 is 0. The second kappa shape index (κ2) is 7.00. The van der Waals surface area contributed by atoms with E-state index in [2.05, 4.69) is 15.6 Å². The minimum absolute atomic E-state index is 0.417. The second-order valence-electron chi connectivity index (χ2n) is 5.07. The van der Waals surface area contributed by atoms with Crippen LogP contribution in [-0.4, -0.2) is 36.7 Å². The van der Waals surface area contributed by atoms with E-state index in [-0.39, 0.29) is 0 Å². The third-order valence-corrected chi connectivity index (χ3v) is 3.58. The Balaban J connectivity index is 1.81. The van der Waals surface area contributed by atoms with Crippen molar-refractivity contribution in [3.05, 3.63) is 42.7 Å². The van der Waals surface area contributed by atoms with Crippen molar-refractivity contribution in [1.82, 2.24) is 9.38 Å². The molecule has 0 radical (unpaired) electrons. The molecule has 0 saturated heterocycles. The highest BCUT2D eigenvalue weighted by molar-refractivity contribution is 5.99. The van der Waals surface area contributed by atoms with Gasteiger partial charge in [0.2, 0.25) is 5.75 Å². The van der Waals surface area contributed by atoms with E-state index in [0.29, 0.717) is 28.8 Å². The van der Waals surface area contributed by atoms with Gasteiger partial charge < -0.3 is 19.5 Å². The monoisotopic (exact) mass is 342 g/mol. The van der Waals surface area contributed by atoms with E-state index in [4.69, 9.17) is 14.2 Å². The van der Waals surface area contributed by atoms with Gasteiger partial charge in [0.25, 0.3) is 0 Å². The Morgan fingerprint density at radius 2 is 1.76 bits per heavy atom. The first kappa shape index (κ1) is 16.4. The van der Waals surface area contributed by atoms with Gasteiger partial charge in [-0.15, -0.1) is 0 Å². The van der Waals surface area contributed by atoms with Crippen molar-refractivity contribution in [3.8, 4) is 17.2 Å². The molecule has 0 unspecified atom stereocenters. The number of pyridine rings is 1. The van der Waals surface area contributed by atoms with Gasteiger partial charge in [-0.25, -0.2) is 9.78 Å². The number of aromatic nitrogens is 2. The minimum atomic E-state index is -0.417. The van der Waals surface area contributed by atoms with Gasteiger partial charge in [-0.05, 0) is 12.1 Å². The Morgan fingerprint density at radius 3 is 2.40 bits per heavy atom. The molecule has 25 heavy (non-hydrogen) atoms. The zero-order valence-electron chi connectivity index (χ0n) is 14.1. The van der Waals surface area contributed by atoms with Crippen LogP contribution in [0.1, 0.15) is 0 Å². The van der Waals surface area contributed by atoms with Gasteiger partial charge in [0.15, 0.2) is 11.5 Å². The van der Waals surface area contributed by atoms with E-state index in [1.807, 2.05) is 24.4 Å². The third kappa shape index (κ3) is 3.27. The zero-order chi connectivity index (χ0) is 17.8. The molecule has 0 bridgehead atoms. The van der Waals surface area contributed by atoms with E-state index >= 15 is 0 Å². The first-order chi connectivity index (χ1) is 12.2. The van der Waals surface area contributed by atoms with Crippen LogP contribution in [0.2, 0.25) is 0 Å². The molecule has 1 aromatic carbocycles. The standard InChI is InChI=1S/C17H18N4O4/c1-23-12-8-11(9-13(24-2)16(12)25-3)19-17(22)20-15-10-18-14-6-4-5-7-21(14)15/h4-10H,1-3H3,(H2,19,20,22). The molecule has 2 heterocycles. The number of urea groups is 1. The third-order valence-electron chi connectivity index (χ3n) is 3.58. The SMILES string of the molecule is COc1cc(NC(=O)Nc2cnc3ccccn23)cc(OC)c1OC. The number of carbonyl (C=O) groups is 1. The number of methoxy groups -OCH3 is 3. The topological polar surface area (TPSA) is 86.1 Å². The fourth-order valence-corrected chi connectivity index (χ4v) is 2.46. The average molecular weight is 342 g/mol. The summed E-state index contributed by atoms with van der Waals surface area (Å²) in [7, 11) is 4.55. The van der Waals surface area contributed by atoms with Crippen LogP contribution in [0.4, 0.5) is 16.3 Å². The Morgan fingerprint density at radius 1 is 1.04 bits per heavy atom. The summed E-state index contributed by atoms with van der Waals surface area (Å²) < 4.78 is 17.6. The molecule has 3 rings (SSSR count). The number of nitrogens with one attached hydrogen (secondary N) is 2. The molecule has 2 amide bonds. The zero-order valence-corrected chi connectivity index (χ0v) is 14.1. The summed E-state index contributed by atoms with van der Waals surface area (Å²) in [6, 6.07) is 8.46.